The molecule has 1 amide bonds. The van der Waals surface area contributed by atoms with Gasteiger partial charge in [-0.3, -0.25) is 4.79 Å². The van der Waals surface area contributed by atoms with E-state index in [2.05, 4.69) is 30.5 Å². The van der Waals surface area contributed by atoms with Gasteiger partial charge in [0.25, 0.3) is 0 Å². The lowest BCUT2D eigenvalue weighted by molar-refractivity contribution is -0.121. The highest BCUT2D eigenvalue weighted by Gasteiger charge is 2.13. The number of hydrogen-bond donors (Lipinski definition) is 2. The Labute approximate surface area is 108 Å². The first kappa shape index (κ1) is 14.2. The van der Waals surface area contributed by atoms with E-state index in [1.165, 1.54) is 15.3 Å². The van der Waals surface area contributed by atoms with Gasteiger partial charge in [-0.15, -0.1) is 11.3 Å². The molecule has 0 aliphatic rings. The average molecular weight is 254 g/mol. The Morgan fingerprint density at radius 3 is 2.47 bits per heavy atom. The Balaban J connectivity index is 2.31. The molecule has 4 heteroatoms. The van der Waals surface area contributed by atoms with E-state index in [0.29, 0.717) is 6.54 Å². The van der Waals surface area contributed by atoms with Gasteiger partial charge in [0.15, 0.2) is 0 Å². The predicted molar refractivity (Wildman–Crippen MR) is 73.4 cm³/mol. The van der Waals surface area contributed by atoms with Crippen molar-refractivity contribution in [3.63, 3.8) is 0 Å². The number of hydrogen-bond acceptors (Lipinski definition) is 3. The van der Waals surface area contributed by atoms with Crippen molar-refractivity contribution in [2.24, 2.45) is 0 Å². The Morgan fingerprint density at radius 1 is 1.35 bits per heavy atom. The molecule has 0 atom stereocenters. The molecule has 0 aromatic carbocycles. The van der Waals surface area contributed by atoms with E-state index >= 15 is 0 Å². The molecule has 0 bridgehead atoms. The van der Waals surface area contributed by atoms with Crippen LogP contribution in [0.25, 0.3) is 0 Å². The van der Waals surface area contributed by atoms with Crippen LogP contribution < -0.4 is 10.6 Å². The van der Waals surface area contributed by atoms with E-state index in [9.17, 15) is 4.79 Å². The van der Waals surface area contributed by atoms with Gasteiger partial charge >= 0.3 is 0 Å². The van der Waals surface area contributed by atoms with Crippen LogP contribution in [0.4, 0.5) is 0 Å². The first-order valence-corrected chi connectivity index (χ1v) is 6.67. The van der Waals surface area contributed by atoms with Crippen LogP contribution in [0.2, 0.25) is 0 Å². The molecule has 1 aromatic rings. The summed E-state index contributed by atoms with van der Waals surface area (Å²) < 4.78 is 0. The van der Waals surface area contributed by atoms with Crippen LogP contribution in [0.1, 0.15) is 36.1 Å². The summed E-state index contributed by atoms with van der Waals surface area (Å²) in [5.74, 6) is 0.0440. The van der Waals surface area contributed by atoms with Crippen LogP contribution in [-0.4, -0.2) is 18.0 Å². The lowest BCUT2D eigenvalue weighted by Gasteiger charge is -2.20. The molecule has 0 radical (unpaired) electrons. The van der Waals surface area contributed by atoms with Crippen molar-refractivity contribution < 1.29 is 4.79 Å². The molecule has 0 saturated carbocycles. The van der Waals surface area contributed by atoms with Gasteiger partial charge in [-0.1, -0.05) is 0 Å². The molecule has 96 valence electrons. The summed E-state index contributed by atoms with van der Waals surface area (Å²) in [5, 5.41) is 6.09. The van der Waals surface area contributed by atoms with Crippen LogP contribution in [0.5, 0.6) is 0 Å². The van der Waals surface area contributed by atoms with E-state index < -0.39 is 0 Å². The summed E-state index contributed by atoms with van der Waals surface area (Å²) in [7, 11) is 0. The minimum Gasteiger partial charge on any atom is -0.350 e. The van der Waals surface area contributed by atoms with Crippen molar-refractivity contribution in [1.29, 1.82) is 0 Å². The first-order chi connectivity index (χ1) is 7.78. The first-order valence-electron chi connectivity index (χ1n) is 5.85. The molecule has 2 N–H and O–H groups in total. The number of thiophene rings is 1. The fraction of sp³-hybridized carbons (Fsp3) is 0.615. The third-order valence-corrected chi connectivity index (χ3v) is 3.47. The molecular formula is C13H22N2OS. The van der Waals surface area contributed by atoms with Crippen molar-refractivity contribution in [1.82, 2.24) is 10.6 Å². The number of rotatable bonds is 4. The largest absolute Gasteiger partial charge is 0.350 e. The van der Waals surface area contributed by atoms with Gasteiger partial charge < -0.3 is 10.6 Å². The Morgan fingerprint density at radius 2 is 2.00 bits per heavy atom. The Kier molecular flexibility index (Phi) is 4.71. The Hall–Kier alpha value is -0.870. The normalized spacial score (nSPS) is 11.6. The van der Waals surface area contributed by atoms with Gasteiger partial charge in [-0.2, -0.15) is 0 Å². The summed E-state index contributed by atoms with van der Waals surface area (Å²) in [5.41, 5.74) is 1.17. The smallest absolute Gasteiger partial charge is 0.234 e. The lowest BCUT2D eigenvalue weighted by atomic mass is 10.1. The highest BCUT2D eigenvalue weighted by molar-refractivity contribution is 7.12. The van der Waals surface area contributed by atoms with Gasteiger partial charge in [-0.25, -0.2) is 0 Å². The fourth-order valence-electron chi connectivity index (χ4n) is 1.50. The maximum absolute atomic E-state index is 11.6. The molecule has 3 nitrogen and oxygen atoms in total. The van der Waals surface area contributed by atoms with Crippen molar-refractivity contribution >= 4 is 17.2 Å². The monoisotopic (exact) mass is 254 g/mol. The van der Waals surface area contributed by atoms with Crippen LogP contribution in [0, 0.1) is 13.8 Å². The zero-order valence-corrected chi connectivity index (χ0v) is 12.1. The minimum atomic E-state index is -0.158. The molecule has 0 aliphatic heterocycles. The molecule has 0 unspecified atom stereocenters. The Bertz CT molecular complexity index is 371. The summed E-state index contributed by atoms with van der Waals surface area (Å²) in [6, 6.07) is 2.18. The van der Waals surface area contributed by atoms with Crippen molar-refractivity contribution in [3.8, 4) is 0 Å². The highest BCUT2D eigenvalue weighted by atomic mass is 32.1. The van der Waals surface area contributed by atoms with Crippen LogP contribution >= 0.6 is 11.3 Å². The SMILES string of the molecule is Cc1cc(CNCC(=O)NC(C)(C)C)sc1C. The number of carbonyl (C=O) groups is 1. The lowest BCUT2D eigenvalue weighted by Crippen LogP contribution is -2.44. The summed E-state index contributed by atoms with van der Waals surface area (Å²) in [6.45, 7) is 11.3. The van der Waals surface area contributed by atoms with Gasteiger partial charge in [0, 0.05) is 21.8 Å². The second-order valence-corrected chi connectivity index (χ2v) is 6.69. The van der Waals surface area contributed by atoms with E-state index in [1.54, 1.807) is 11.3 Å². The van der Waals surface area contributed by atoms with Gasteiger partial charge in [0.1, 0.15) is 0 Å². The summed E-state index contributed by atoms with van der Waals surface area (Å²) >= 11 is 1.78. The van der Waals surface area contributed by atoms with E-state index in [0.717, 1.165) is 6.54 Å². The number of nitrogens with one attached hydrogen (secondary N) is 2. The molecule has 1 aromatic heterocycles. The zero-order chi connectivity index (χ0) is 13.1. The minimum absolute atomic E-state index is 0.0440. The fourth-order valence-corrected chi connectivity index (χ4v) is 2.52. The van der Waals surface area contributed by atoms with E-state index in [1.807, 2.05) is 20.8 Å². The third kappa shape index (κ3) is 5.33. The van der Waals surface area contributed by atoms with Crippen molar-refractivity contribution in [2.45, 2.75) is 46.7 Å². The molecule has 17 heavy (non-hydrogen) atoms. The van der Waals surface area contributed by atoms with Crippen LogP contribution in [0.3, 0.4) is 0 Å². The highest BCUT2D eigenvalue weighted by Crippen LogP contribution is 2.19. The molecule has 1 heterocycles. The van der Waals surface area contributed by atoms with Gasteiger partial charge in [-0.05, 0) is 46.2 Å². The number of amides is 1. The molecule has 0 aliphatic carbocycles. The summed E-state index contributed by atoms with van der Waals surface area (Å²) in [4.78, 5) is 14.2. The van der Waals surface area contributed by atoms with Gasteiger partial charge in [0.2, 0.25) is 5.91 Å². The maximum Gasteiger partial charge on any atom is 0.234 e. The molecule has 1 rings (SSSR count). The topological polar surface area (TPSA) is 41.1 Å². The molecular weight excluding hydrogens is 232 g/mol. The molecule has 0 fully saturated rings. The predicted octanol–water partition coefficient (Wildman–Crippen LogP) is 2.37. The van der Waals surface area contributed by atoms with Crippen molar-refractivity contribution in [2.75, 3.05) is 6.54 Å². The molecule has 0 saturated heterocycles. The standard InChI is InChI=1S/C13H22N2OS/c1-9-6-11(17-10(9)2)7-14-8-12(16)15-13(3,4)5/h6,14H,7-8H2,1-5H3,(H,15,16). The molecule has 0 spiro atoms. The number of aryl methyl sites for hydroxylation is 2. The average Bonchev–Trinajstić information content (AvgIpc) is 2.43. The maximum atomic E-state index is 11.6. The second-order valence-electron chi connectivity index (χ2n) is 5.35. The van der Waals surface area contributed by atoms with E-state index in [-0.39, 0.29) is 11.4 Å². The van der Waals surface area contributed by atoms with E-state index in [4.69, 9.17) is 0 Å². The summed E-state index contributed by atoms with van der Waals surface area (Å²) in [6.07, 6.45) is 0. The van der Waals surface area contributed by atoms with Crippen LogP contribution in [0.15, 0.2) is 6.07 Å². The number of carbonyl (C=O) groups excluding carboxylic acids is 1. The second kappa shape index (κ2) is 5.65. The van der Waals surface area contributed by atoms with Crippen LogP contribution in [-0.2, 0) is 11.3 Å². The van der Waals surface area contributed by atoms with Gasteiger partial charge in [0.05, 0.1) is 6.54 Å². The quantitative estimate of drug-likeness (QED) is 0.866. The van der Waals surface area contributed by atoms with Crippen molar-refractivity contribution in [3.05, 3.63) is 21.4 Å². The zero-order valence-electron chi connectivity index (χ0n) is 11.3. The third-order valence-electron chi connectivity index (χ3n) is 2.32.